The Kier molecular flexibility index (Phi) is 3.52. The van der Waals surface area contributed by atoms with Crippen LogP contribution < -0.4 is 5.73 Å². The van der Waals surface area contributed by atoms with Gasteiger partial charge >= 0.3 is 0 Å². The van der Waals surface area contributed by atoms with Crippen molar-refractivity contribution >= 4 is 5.91 Å². The second-order valence-electron chi connectivity index (χ2n) is 4.62. The van der Waals surface area contributed by atoms with Crippen LogP contribution in [0.2, 0.25) is 0 Å². The molecule has 1 saturated heterocycles. The number of rotatable bonds is 4. The average Bonchev–Trinajstić information content (AvgIpc) is 2.83. The summed E-state index contributed by atoms with van der Waals surface area (Å²) in [5.41, 5.74) is 7.29. The summed E-state index contributed by atoms with van der Waals surface area (Å²) >= 11 is 0. The Labute approximate surface area is 102 Å². The Morgan fingerprint density at radius 1 is 1.47 bits per heavy atom. The second kappa shape index (κ2) is 4.92. The van der Waals surface area contributed by atoms with E-state index in [2.05, 4.69) is 23.8 Å². The molecule has 0 aliphatic carbocycles. The predicted molar refractivity (Wildman–Crippen MR) is 67.4 cm³/mol. The molecule has 2 unspecified atom stereocenters. The van der Waals surface area contributed by atoms with Crippen molar-refractivity contribution in [1.82, 2.24) is 9.47 Å². The summed E-state index contributed by atoms with van der Waals surface area (Å²) in [6, 6.07) is 4.09. The summed E-state index contributed by atoms with van der Waals surface area (Å²) in [4.78, 5) is 13.7. The van der Waals surface area contributed by atoms with Crippen LogP contribution in [0.5, 0.6) is 0 Å². The third kappa shape index (κ3) is 2.09. The lowest BCUT2D eigenvalue weighted by Crippen LogP contribution is -2.34. The molecule has 1 fully saturated rings. The van der Waals surface area contributed by atoms with Crippen LogP contribution in [0.25, 0.3) is 0 Å². The molecule has 0 spiro atoms. The molecule has 0 aromatic carbocycles. The number of carbonyl (C=O) groups excluding carboxylic acids is 1. The Morgan fingerprint density at radius 2 is 2.24 bits per heavy atom. The minimum Gasteiger partial charge on any atom is -0.350 e. The van der Waals surface area contributed by atoms with E-state index >= 15 is 0 Å². The van der Waals surface area contributed by atoms with E-state index in [1.807, 2.05) is 17.9 Å². The normalized spacial score (nSPS) is 24.6. The second-order valence-corrected chi connectivity index (χ2v) is 4.62. The van der Waals surface area contributed by atoms with E-state index in [-0.39, 0.29) is 18.0 Å². The van der Waals surface area contributed by atoms with Crippen molar-refractivity contribution in [1.29, 1.82) is 0 Å². The van der Waals surface area contributed by atoms with Gasteiger partial charge in [-0.05, 0) is 25.5 Å². The number of carbonyl (C=O) groups is 1. The van der Waals surface area contributed by atoms with E-state index in [4.69, 9.17) is 5.73 Å². The van der Waals surface area contributed by atoms with Crippen LogP contribution in [0, 0.1) is 0 Å². The molecule has 1 aliphatic heterocycles. The fourth-order valence-corrected chi connectivity index (χ4v) is 2.71. The van der Waals surface area contributed by atoms with Gasteiger partial charge in [0.25, 0.3) is 0 Å². The minimum atomic E-state index is -0.0760. The molecule has 2 rings (SSSR count). The van der Waals surface area contributed by atoms with Crippen molar-refractivity contribution in [2.45, 2.75) is 45.3 Å². The van der Waals surface area contributed by atoms with E-state index in [1.54, 1.807) is 0 Å². The largest absolute Gasteiger partial charge is 0.350 e. The highest BCUT2D eigenvalue weighted by atomic mass is 16.2. The van der Waals surface area contributed by atoms with Crippen molar-refractivity contribution in [3.8, 4) is 0 Å². The number of aryl methyl sites for hydroxylation is 1. The van der Waals surface area contributed by atoms with Crippen molar-refractivity contribution in [2.75, 3.05) is 6.54 Å². The quantitative estimate of drug-likeness (QED) is 0.860. The van der Waals surface area contributed by atoms with Crippen LogP contribution >= 0.6 is 0 Å². The van der Waals surface area contributed by atoms with E-state index < -0.39 is 0 Å². The minimum absolute atomic E-state index is 0.0500. The van der Waals surface area contributed by atoms with Crippen LogP contribution in [0.4, 0.5) is 0 Å². The number of nitrogens with zero attached hydrogens (tertiary/aromatic N) is 2. The third-order valence-electron chi connectivity index (χ3n) is 3.44. The van der Waals surface area contributed by atoms with Gasteiger partial charge in [-0.2, -0.15) is 0 Å². The number of hydrogen-bond donors (Lipinski definition) is 1. The molecule has 1 aromatic rings. The van der Waals surface area contributed by atoms with Gasteiger partial charge in [0.1, 0.15) is 0 Å². The molecule has 17 heavy (non-hydrogen) atoms. The predicted octanol–water partition coefficient (Wildman–Crippen LogP) is 1.52. The van der Waals surface area contributed by atoms with Crippen LogP contribution in [-0.4, -0.2) is 28.0 Å². The standard InChI is InChI=1S/C13H21N3O/c1-3-7-15-8-5-6-11(15)13-10(14)9-12(17)16(13)4-2/h5-6,8,10,13H,3-4,7,9,14H2,1-2H3. The van der Waals surface area contributed by atoms with Crippen LogP contribution in [0.3, 0.4) is 0 Å². The Hall–Kier alpha value is -1.29. The maximum atomic E-state index is 11.8. The molecule has 1 aliphatic rings. The van der Waals surface area contributed by atoms with Gasteiger partial charge in [0.2, 0.25) is 5.91 Å². The molecule has 4 nitrogen and oxygen atoms in total. The summed E-state index contributed by atoms with van der Waals surface area (Å²) in [6.45, 7) is 5.88. The van der Waals surface area contributed by atoms with Gasteiger partial charge in [0.15, 0.2) is 0 Å². The maximum Gasteiger partial charge on any atom is 0.224 e. The van der Waals surface area contributed by atoms with Gasteiger partial charge in [-0.1, -0.05) is 6.92 Å². The molecule has 94 valence electrons. The number of aromatic nitrogens is 1. The van der Waals surface area contributed by atoms with Gasteiger partial charge in [-0.15, -0.1) is 0 Å². The molecule has 0 radical (unpaired) electrons. The molecule has 0 saturated carbocycles. The van der Waals surface area contributed by atoms with E-state index in [1.165, 1.54) is 5.69 Å². The first-order chi connectivity index (χ1) is 8.19. The van der Waals surface area contributed by atoms with E-state index in [0.29, 0.717) is 6.42 Å². The maximum absolute atomic E-state index is 11.8. The molecule has 0 bridgehead atoms. The number of amides is 1. The zero-order valence-corrected chi connectivity index (χ0v) is 10.6. The fourth-order valence-electron chi connectivity index (χ4n) is 2.71. The summed E-state index contributed by atoms with van der Waals surface area (Å²) < 4.78 is 2.21. The van der Waals surface area contributed by atoms with Gasteiger partial charge in [-0.3, -0.25) is 4.79 Å². The van der Waals surface area contributed by atoms with Crippen molar-refractivity contribution < 1.29 is 4.79 Å². The lowest BCUT2D eigenvalue weighted by atomic mass is 10.1. The van der Waals surface area contributed by atoms with Gasteiger partial charge < -0.3 is 15.2 Å². The first kappa shape index (κ1) is 12.2. The first-order valence-electron chi connectivity index (χ1n) is 6.39. The molecule has 2 N–H and O–H groups in total. The molecular weight excluding hydrogens is 214 g/mol. The number of likely N-dealkylation sites (N-methyl/N-ethyl adjacent to an activating group) is 1. The Bertz CT molecular complexity index is 399. The molecule has 1 aromatic heterocycles. The molecule has 2 atom stereocenters. The van der Waals surface area contributed by atoms with Crippen LogP contribution in [0.15, 0.2) is 18.3 Å². The van der Waals surface area contributed by atoms with Gasteiger partial charge in [0.05, 0.1) is 6.04 Å². The summed E-state index contributed by atoms with van der Waals surface area (Å²) in [5, 5.41) is 0. The highest BCUT2D eigenvalue weighted by Gasteiger charge is 2.38. The van der Waals surface area contributed by atoms with Crippen molar-refractivity contribution in [3.05, 3.63) is 24.0 Å². The van der Waals surface area contributed by atoms with Crippen LogP contribution in [-0.2, 0) is 11.3 Å². The molecule has 1 amide bonds. The molecular formula is C13H21N3O. The average molecular weight is 235 g/mol. The summed E-state index contributed by atoms with van der Waals surface area (Å²) in [7, 11) is 0. The SMILES string of the molecule is CCCn1cccc1C1C(N)CC(=O)N1CC. The third-order valence-corrected chi connectivity index (χ3v) is 3.44. The van der Waals surface area contributed by atoms with E-state index in [9.17, 15) is 4.79 Å². The highest BCUT2D eigenvalue weighted by Crippen LogP contribution is 2.32. The van der Waals surface area contributed by atoms with Crippen molar-refractivity contribution in [3.63, 3.8) is 0 Å². The summed E-state index contributed by atoms with van der Waals surface area (Å²) in [6.07, 6.45) is 3.63. The number of hydrogen-bond acceptors (Lipinski definition) is 2. The zero-order valence-electron chi connectivity index (χ0n) is 10.6. The van der Waals surface area contributed by atoms with Crippen molar-refractivity contribution in [2.24, 2.45) is 5.73 Å². The fraction of sp³-hybridized carbons (Fsp3) is 0.615. The zero-order chi connectivity index (χ0) is 12.4. The van der Waals surface area contributed by atoms with Gasteiger partial charge in [0, 0.05) is 37.4 Å². The Balaban J connectivity index is 2.30. The number of nitrogens with two attached hydrogens (primary N) is 1. The smallest absolute Gasteiger partial charge is 0.224 e. The van der Waals surface area contributed by atoms with E-state index in [0.717, 1.165) is 19.5 Å². The summed E-state index contributed by atoms with van der Waals surface area (Å²) in [5.74, 6) is 0.175. The monoisotopic (exact) mass is 235 g/mol. The van der Waals surface area contributed by atoms with Gasteiger partial charge in [-0.25, -0.2) is 0 Å². The molecule has 2 heterocycles. The lowest BCUT2D eigenvalue weighted by Gasteiger charge is -2.27. The first-order valence-corrected chi connectivity index (χ1v) is 6.39. The topological polar surface area (TPSA) is 51.3 Å². The highest BCUT2D eigenvalue weighted by molar-refractivity contribution is 5.80. The molecule has 4 heteroatoms. The lowest BCUT2D eigenvalue weighted by molar-refractivity contribution is -0.128. The number of likely N-dealkylation sites (tertiary alicyclic amines) is 1. The van der Waals surface area contributed by atoms with Crippen LogP contribution in [0.1, 0.15) is 38.4 Å². The Morgan fingerprint density at radius 3 is 2.88 bits per heavy atom.